The molecule has 0 spiro atoms. The Morgan fingerprint density at radius 3 is 1.29 bits per heavy atom. The second-order valence-electron chi connectivity index (χ2n) is 3.55. The highest BCUT2D eigenvalue weighted by atomic mass is 31.2. The van der Waals surface area contributed by atoms with Crippen molar-refractivity contribution in [1.29, 1.82) is 0 Å². The van der Waals surface area contributed by atoms with Crippen LogP contribution in [0.5, 0.6) is 0 Å². The molecule has 0 amide bonds. The van der Waals surface area contributed by atoms with Crippen LogP contribution in [-0.4, -0.2) is 0 Å². The molecule has 3 rings (SSSR count). The van der Waals surface area contributed by atoms with Crippen molar-refractivity contribution in [3.63, 3.8) is 0 Å². The van der Waals surface area contributed by atoms with E-state index < -0.39 is 7.14 Å². The van der Waals surface area contributed by atoms with Gasteiger partial charge in [0.05, 0.1) is 34.7 Å². The summed E-state index contributed by atoms with van der Waals surface area (Å²) in [5.74, 6) is 0. The Bertz CT molecular complexity index is 529. The van der Waals surface area contributed by atoms with Crippen LogP contribution < -0.4 is 15.9 Å². The van der Waals surface area contributed by atoms with Crippen molar-refractivity contribution in [2.24, 2.45) is 0 Å². The molecule has 0 aliphatic rings. The first-order valence-corrected chi connectivity index (χ1v) is 6.71. The molecule has 0 radical (unpaired) electrons. The third-order valence-corrected chi connectivity index (χ3v) is 5.55. The average molecular weight is 248 g/mol. The van der Waals surface area contributed by atoms with Gasteiger partial charge in [0.1, 0.15) is 18.8 Å². The van der Waals surface area contributed by atoms with Gasteiger partial charge >= 0.3 is 0 Å². The van der Waals surface area contributed by atoms with Crippen LogP contribution in [0.15, 0.2) is 69.0 Å². The van der Waals surface area contributed by atoms with E-state index in [2.05, 4.69) is 0 Å². The van der Waals surface area contributed by atoms with Gasteiger partial charge in [0.15, 0.2) is 7.14 Å². The second-order valence-corrected chi connectivity index (χ2v) is 6.32. The number of furan rings is 3. The third kappa shape index (κ3) is 1.49. The van der Waals surface area contributed by atoms with Crippen LogP contribution in [0.3, 0.4) is 0 Å². The van der Waals surface area contributed by atoms with Crippen LogP contribution in [-0.2, 0) is 4.57 Å². The lowest BCUT2D eigenvalue weighted by Gasteiger charge is -2.12. The van der Waals surface area contributed by atoms with Crippen molar-refractivity contribution in [2.75, 3.05) is 0 Å². The van der Waals surface area contributed by atoms with E-state index in [9.17, 15) is 4.57 Å². The fourth-order valence-corrected chi connectivity index (χ4v) is 4.09. The summed E-state index contributed by atoms with van der Waals surface area (Å²) in [5, 5.41) is 1.88. The molecule has 86 valence electrons. The van der Waals surface area contributed by atoms with Gasteiger partial charge < -0.3 is 17.8 Å². The van der Waals surface area contributed by atoms with Gasteiger partial charge in [0.25, 0.3) is 0 Å². The highest BCUT2D eigenvalue weighted by molar-refractivity contribution is 7.85. The van der Waals surface area contributed by atoms with Gasteiger partial charge in [-0.15, -0.1) is 0 Å². The highest BCUT2D eigenvalue weighted by Gasteiger charge is 2.32. The molecule has 0 saturated heterocycles. The van der Waals surface area contributed by atoms with Crippen molar-refractivity contribution in [1.82, 2.24) is 0 Å². The Kier molecular flexibility index (Phi) is 2.30. The van der Waals surface area contributed by atoms with E-state index >= 15 is 0 Å². The molecule has 4 nitrogen and oxygen atoms in total. The van der Waals surface area contributed by atoms with Crippen LogP contribution in [0.4, 0.5) is 0 Å². The Morgan fingerprint density at radius 2 is 1.06 bits per heavy atom. The van der Waals surface area contributed by atoms with E-state index in [1.54, 1.807) is 18.2 Å². The van der Waals surface area contributed by atoms with E-state index in [4.69, 9.17) is 13.3 Å². The van der Waals surface area contributed by atoms with Crippen molar-refractivity contribution in [3.05, 3.63) is 55.8 Å². The van der Waals surface area contributed by atoms with Crippen molar-refractivity contribution in [3.8, 4) is 0 Å². The fourth-order valence-electron chi connectivity index (χ4n) is 1.76. The average Bonchev–Trinajstić information content (AvgIpc) is 3.10. The number of rotatable bonds is 3. The number of hydrogen-bond donors (Lipinski definition) is 0. The van der Waals surface area contributed by atoms with Gasteiger partial charge in [-0.2, -0.15) is 0 Å². The maximum atomic E-state index is 13.2. The minimum atomic E-state index is -2.91. The Labute approximate surface area is 97.2 Å². The zero-order valence-corrected chi connectivity index (χ0v) is 9.67. The zero-order valence-electron chi connectivity index (χ0n) is 8.78. The molecule has 5 heteroatoms. The summed E-state index contributed by atoms with van der Waals surface area (Å²) in [6.45, 7) is 0. The summed E-state index contributed by atoms with van der Waals surface area (Å²) in [5.41, 5.74) is 0. The lowest BCUT2D eigenvalue weighted by Crippen LogP contribution is -2.22. The lowest BCUT2D eigenvalue weighted by molar-refractivity contribution is 0.564. The molecule has 0 saturated carbocycles. The van der Waals surface area contributed by atoms with Gasteiger partial charge in [-0.25, -0.2) is 0 Å². The second kappa shape index (κ2) is 3.82. The SMILES string of the molecule is O=P(c1ccoc1)(c1ccoc1)c1ccoc1. The van der Waals surface area contributed by atoms with Gasteiger partial charge in [-0.1, -0.05) is 0 Å². The van der Waals surface area contributed by atoms with Crippen LogP contribution in [0.25, 0.3) is 0 Å². The number of hydrogen-bond acceptors (Lipinski definition) is 4. The highest BCUT2D eigenvalue weighted by Crippen LogP contribution is 2.42. The maximum absolute atomic E-state index is 13.2. The molecule has 3 heterocycles. The molecular weight excluding hydrogens is 239 g/mol. The Hall–Kier alpha value is -1.93. The predicted molar refractivity (Wildman–Crippen MR) is 62.6 cm³/mol. The van der Waals surface area contributed by atoms with Crippen LogP contribution in [0, 0.1) is 0 Å². The molecule has 0 fully saturated rings. The van der Waals surface area contributed by atoms with Gasteiger partial charge in [0.2, 0.25) is 0 Å². The third-order valence-electron chi connectivity index (χ3n) is 2.61. The summed E-state index contributed by atoms with van der Waals surface area (Å²) >= 11 is 0. The minimum Gasteiger partial charge on any atom is -0.472 e. The first-order chi connectivity index (χ1) is 8.32. The van der Waals surface area contributed by atoms with Crippen LogP contribution in [0.1, 0.15) is 0 Å². The molecule has 3 aromatic rings. The lowest BCUT2D eigenvalue weighted by atomic mass is 10.6. The smallest absolute Gasteiger partial charge is 0.180 e. The topological polar surface area (TPSA) is 56.5 Å². The van der Waals surface area contributed by atoms with Crippen molar-refractivity contribution < 1.29 is 17.8 Å². The zero-order chi connectivity index (χ0) is 11.7. The predicted octanol–water partition coefficient (Wildman–Crippen LogP) is 2.10. The normalized spacial score (nSPS) is 11.8. The molecule has 0 bridgehead atoms. The fraction of sp³-hybridized carbons (Fsp3) is 0. The van der Waals surface area contributed by atoms with E-state index in [0.717, 1.165) is 0 Å². The molecule has 0 aromatic carbocycles. The van der Waals surface area contributed by atoms with Gasteiger partial charge in [0, 0.05) is 0 Å². The first-order valence-electron chi connectivity index (χ1n) is 5.00. The van der Waals surface area contributed by atoms with Crippen molar-refractivity contribution in [2.45, 2.75) is 0 Å². The van der Waals surface area contributed by atoms with E-state index in [0.29, 0.717) is 15.9 Å². The molecule has 0 atom stereocenters. The van der Waals surface area contributed by atoms with Crippen LogP contribution >= 0.6 is 7.14 Å². The van der Waals surface area contributed by atoms with E-state index in [-0.39, 0.29) is 0 Å². The molecule has 3 aromatic heterocycles. The quantitative estimate of drug-likeness (QED) is 0.666. The molecule has 0 N–H and O–H groups in total. The summed E-state index contributed by atoms with van der Waals surface area (Å²) < 4.78 is 28.3. The summed E-state index contributed by atoms with van der Waals surface area (Å²) in [4.78, 5) is 0. The maximum Gasteiger partial charge on any atom is 0.180 e. The molecule has 0 unspecified atom stereocenters. The molecular formula is C12H9O4P. The first kappa shape index (κ1) is 10.2. The molecule has 17 heavy (non-hydrogen) atoms. The van der Waals surface area contributed by atoms with Gasteiger partial charge in [-0.05, 0) is 18.2 Å². The minimum absolute atomic E-state index is 0.625. The summed E-state index contributed by atoms with van der Waals surface area (Å²) in [6, 6.07) is 5.09. The van der Waals surface area contributed by atoms with E-state index in [1.165, 1.54) is 37.6 Å². The monoisotopic (exact) mass is 248 g/mol. The molecule has 0 aliphatic carbocycles. The Morgan fingerprint density at radius 1 is 0.706 bits per heavy atom. The Balaban J connectivity index is 2.26. The standard InChI is InChI=1S/C12H9O4P/c13-17(10-1-4-14-7-10,11-2-5-15-8-11)12-3-6-16-9-12/h1-9H. The summed E-state index contributed by atoms with van der Waals surface area (Å²) in [7, 11) is -2.91. The van der Waals surface area contributed by atoms with Gasteiger partial charge in [-0.3, -0.25) is 0 Å². The van der Waals surface area contributed by atoms with Crippen molar-refractivity contribution >= 4 is 23.1 Å². The van der Waals surface area contributed by atoms with Crippen LogP contribution in [0.2, 0.25) is 0 Å². The summed E-state index contributed by atoms with van der Waals surface area (Å²) in [6.07, 6.45) is 8.97. The van der Waals surface area contributed by atoms with E-state index in [1.807, 2.05) is 0 Å². The molecule has 0 aliphatic heterocycles. The largest absolute Gasteiger partial charge is 0.472 e.